The van der Waals surface area contributed by atoms with E-state index in [4.69, 9.17) is 21.1 Å². The second-order valence-electron chi connectivity index (χ2n) is 17.7. The average molecular weight is 840 g/mol. The van der Waals surface area contributed by atoms with Crippen LogP contribution in [0.4, 0.5) is 4.79 Å². The van der Waals surface area contributed by atoms with Crippen molar-refractivity contribution in [2.45, 2.75) is 126 Å². The number of allylic oxidation sites excluding steroid dienone is 1. The van der Waals surface area contributed by atoms with Crippen LogP contribution in [-0.4, -0.2) is 100 Å². The molecule has 9 atom stereocenters. The van der Waals surface area contributed by atoms with Crippen LogP contribution in [0.2, 0.25) is 5.02 Å². The van der Waals surface area contributed by atoms with Gasteiger partial charge in [0.1, 0.15) is 23.7 Å². The molecule has 1 aromatic heterocycles. The lowest BCUT2D eigenvalue weighted by Crippen LogP contribution is -2.61. The maximum absolute atomic E-state index is 15.3. The molecule has 58 heavy (non-hydrogen) atoms. The minimum Gasteiger partial charge on any atom is -0.478 e. The summed E-state index contributed by atoms with van der Waals surface area (Å²) >= 11 is 6.62. The summed E-state index contributed by atoms with van der Waals surface area (Å²) in [6.45, 7) is 6.33. The fraction of sp³-hybridized carbons (Fsp3) is 0.643. The van der Waals surface area contributed by atoms with Gasteiger partial charge in [0.2, 0.25) is 33.6 Å². The normalized spacial score (nSPS) is 33.1. The number of carbonyl (C=O) groups is 4. The zero-order valence-electron chi connectivity index (χ0n) is 33.3. The Bertz CT molecular complexity index is 2100. The van der Waals surface area contributed by atoms with Crippen LogP contribution < -0.4 is 19.5 Å². The Morgan fingerprint density at radius 1 is 1.09 bits per heavy atom. The molecule has 8 rings (SSSR count). The number of benzene rings is 1. The highest BCUT2D eigenvalue weighted by atomic mass is 35.5. The van der Waals surface area contributed by atoms with Gasteiger partial charge in [-0.3, -0.25) is 24.0 Å². The number of carboxylic acid groups (broad SMARTS) is 1. The highest BCUT2D eigenvalue weighted by Gasteiger charge is 2.62. The lowest BCUT2D eigenvalue weighted by atomic mass is 9.86. The number of hydrogen-bond acceptors (Lipinski definition) is 9. The number of hydrogen-bond donors (Lipinski definition) is 3. The maximum Gasteiger partial charge on any atom is 0.408 e. The van der Waals surface area contributed by atoms with E-state index in [-0.39, 0.29) is 43.1 Å². The Morgan fingerprint density at radius 2 is 1.84 bits per heavy atom. The first-order chi connectivity index (χ1) is 27.7. The van der Waals surface area contributed by atoms with Crippen molar-refractivity contribution in [1.29, 1.82) is 0 Å². The molecule has 3 N–H and O–H groups in total. The van der Waals surface area contributed by atoms with E-state index in [0.717, 1.165) is 19.3 Å². The van der Waals surface area contributed by atoms with Gasteiger partial charge in [-0.25, -0.2) is 13.2 Å². The molecular formula is C42H54ClN5O9S. The fourth-order valence-electron chi connectivity index (χ4n) is 9.80. The number of halogens is 1. The quantitative estimate of drug-likeness (QED) is 0.252. The van der Waals surface area contributed by atoms with Crippen molar-refractivity contribution in [3.8, 4) is 11.8 Å². The van der Waals surface area contributed by atoms with Gasteiger partial charge in [0, 0.05) is 40.2 Å². The van der Waals surface area contributed by atoms with E-state index in [0.29, 0.717) is 78.6 Å². The third kappa shape index (κ3) is 8.09. The van der Waals surface area contributed by atoms with Crippen LogP contribution in [0.25, 0.3) is 10.8 Å². The lowest BCUT2D eigenvalue weighted by Gasteiger charge is -2.40. The Morgan fingerprint density at radius 3 is 2.55 bits per heavy atom. The number of rotatable bonds is 10. The molecule has 314 valence electrons. The van der Waals surface area contributed by atoms with Crippen LogP contribution in [0.3, 0.4) is 0 Å². The summed E-state index contributed by atoms with van der Waals surface area (Å²) in [6.07, 6.45) is 8.21. The molecule has 3 heterocycles. The predicted molar refractivity (Wildman–Crippen MR) is 216 cm³/mol. The van der Waals surface area contributed by atoms with Crippen molar-refractivity contribution >= 4 is 56.2 Å². The van der Waals surface area contributed by atoms with Gasteiger partial charge in [-0.1, -0.05) is 50.6 Å². The van der Waals surface area contributed by atoms with Crippen LogP contribution in [0, 0.1) is 29.6 Å². The van der Waals surface area contributed by atoms with Gasteiger partial charge in [0.05, 0.1) is 18.4 Å². The van der Waals surface area contributed by atoms with E-state index in [2.05, 4.69) is 21.9 Å². The van der Waals surface area contributed by atoms with E-state index >= 15 is 4.79 Å². The summed E-state index contributed by atoms with van der Waals surface area (Å²) in [5.74, 6) is -1.24. The zero-order valence-corrected chi connectivity index (χ0v) is 34.8. The van der Waals surface area contributed by atoms with E-state index in [1.54, 1.807) is 18.2 Å². The molecule has 0 radical (unpaired) electrons. The fourth-order valence-corrected chi connectivity index (χ4v) is 11.4. The van der Waals surface area contributed by atoms with E-state index in [1.165, 1.54) is 9.80 Å². The van der Waals surface area contributed by atoms with Crippen molar-refractivity contribution in [2.24, 2.45) is 29.6 Å². The van der Waals surface area contributed by atoms with E-state index in [1.807, 2.05) is 32.1 Å². The number of fused-ring (bicyclic) bond motifs is 4. The standard InChI is InChI=1S/C42H54ClN5O9S/c1-4-14-56-35-20-32-31(10-7-11-33(32)43)38(44-35)57-29-19-34-37(49)45-42(40(51)46-58(54,55)30-12-13-30)21-27(42)9-6-5-8-23(2)15-24(3)36(39(50)47(34)22-29)48(41(52)53)28-17-25-16-26(25)18-28/h6-7,9-11,20,23-30,34,36H,4-5,8,12-19,21-22H2,1-3H3,(H,45,49)(H,46,51)(H,52,53)/b9-6-/t23-,24-,25+,26+,27-,29-,34+,36+,42-/m1/s1. The van der Waals surface area contributed by atoms with Gasteiger partial charge < -0.3 is 24.8 Å². The summed E-state index contributed by atoms with van der Waals surface area (Å²) in [6, 6.07) is 4.51. The second-order valence-corrected chi connectivity index (χ2v) is 20.1. The molecule has 0 unspecified atom stereocenters. The minimum absolute atomic E-state index is 0.00190. The zero-order chi connectivity index (χ0) is 41.1. The Kier molecular flexibility index (Phi) is 11.1. The van der Waals surface area contributed by atoms with Crippen LogP contribution in [-0.2, 0) is 24.4 Å². The monoisotopic (exact) mass is 839 g/mol. The predicted octanol–water partition coefficient (Wildman–Crippen LogP) is 5.67. The van der Waals surface area contributed by atoms with Gasteiger partial charge in [-0.15, -0.1) is 0 Å². The van der Waals surface area contributed by atoms with Crippen LogP contribution in [0.15, 0.2) is 36.4 Å². The second kappa shape index (κ2) is 15.8. The number of nitrogens with zero attached hydrogens (tertiary/aromatic N) is 3. The highest BCUT2D eigenvalue weighted by Crippen LogP contribution is 2.54. The number of nitrogens with one attached hydrogen (secondary N) is 2. The van der Waals surface area contributed by atoms with Gasteiger partial charge in [0.15, 0.2) is 0 Å². The van der Waals surface area contributed by atoms with Gasteiger partial charge in [-0.05, 0) is 100 Å². The first-order valence-corrected chi connectivity index (χ1v) is 22.9. The molecule has 16 heteroatoms. The number of ether oxygens (including phenoxy) is 2. The number of amides is 4. The maximum atomic E-state index is 15.3. The van der Waals surface area contributed by atoms with Crippen LogP contribution in [0.5, 0.6) is 11.8 Å². The molecule has 4 amide bonds. The molecule has 0 bridgehead atoms. The molecule has 2 aromatic rings. The molecule has 1 saturated heterocycles. The number of aromatic nitrogens is 1. The van der Waals surface area contributed by atoms with Gasteiger partial charge in [-0.2, -0.15) is 4.98 Å². The number of pyridine rings is 1. The Labute approximate surface area is 344 Å². The average Bonchev–Trinajstić information content (AvgIpc) is 4.14. The third-order valence-corrected chi connectivity index (χ3v) is 15.3. The molecule has 4 saturated carbocycles. The summed E-state index contributed by atoms with van der Waals surface area (Å²) < 4.78 is 40.7. The van der Waals surface area contributed by atoms with Crippen molar-refractivity contribution in [3.63, 3.8) is 0 Å². The van der Waals surface area contributed by atoms with E-state index < -0.39 is 68.7 Å². The van der Waals surface area contributed by atoms with Crippen molar-refractivity contribution < 1.29 is 42.2 Å². The number of carbonyl (C=O) groups excluding carboxylic acids is 3. The van der Waals surface area contributed by atoms with Gasteiger partial charge in [0.25, 0.3) is 5.91 Å². The summed E-state index contributed by atoms with van der Waals surface area (Å²) in [5.41, 5.74) is -1.54. The molecule has 6 aliphatic rings. The number of sulfonamides is 1. The molecule has 14 nitrogen and oxygen atoms in total. The summed E-state index contributed by atoms with van der Waals surface area (Å²) in [4.78, 5) is 64.6. The molecule has 5 fully saturated rings. The Balaban J connectivity index is 1.16. The van der Waals surface area contributed by atoms with Crippen molar-refractivity contribution in [3.05, 3.63) is 41.4 Å². The molecule has 4 aliphatic carbocycles. The van der Waals surface area contributed by atoms with Crippen LogP contribution in [0.1, 0.15) is 91.4 Å². The minimum atomic E-state index is -3.93. The van der Waals surface area contributed by atoms with Gasteiger partial charge >= 0.3 is 6.09 Å². The lowest BCUT2D eigenvalue weighted by molar-refractivity contribution is -0.145. The SMILES string of the molecule is CCCOc1cc2c(Cl)cccc2c(O[C@@H]2C[C@H]3C(=O)N[C@]4(C(=O)NS(=O)(=O)C5CC5)C[C@H]4/C=C\CC[C@@H](C)C[C@@H](C)[C@H](N(C(=O)O)C4C[C@@H]5C[C@H]5C4)C(=O)N3C2)n1. The topological polar surface area (TPSA) is 185 Å². The Hall–Kier alpha value is -4.11. The molecular weight excluding hydrogens is 786 g/mol. The summed E-state index contributed by atoms with van der Waals surface area (Å²) in [7, 11) is -3.93. The highest BCUT2D eigenvalue weighted by molar-refractivity contribution is 7.91. The van der Waals surface area contributed by atoms with Crippen molar-refractivity contribution in [1.82, 2.24) is 24.8 Å². The molecule has 1 aromatic carbocycles. The van der Waals surface area contributed by atoms with Crippen molar-refractivity contribution in [2.75, 3.05) is 13.2 Å². The first-order valence-electron chi connectivity index (χ1n) is 20.9. The smallest absolute Gasteiger partial charge is 0.408 e. The first kappa shape index (κ1) is 40.7. The largest absolute Gasteiger partial charge is 0.478 e. The third-order valence-electron chi connectivity index (χ3n) is 13.2. The summed E-state index contributed by atoms with van der Waals surface area (Å²) in [5, 5.41) is 14.8. The van der Waals surface area contributed by atoms with E-state index in [9.17, 15) is 27.9 Å². The molecule has 2 aliphatic heterocycles. The molecule has 0 spiro atoms. The van der Waals surface area contributed by atoms with Crippen LogP contribution >= 0.6 is 11.6 Å².